The van der Waals surface area contributed by atoms with Crippen LogP contribution in [0.2, 0.25) is 0 Å². The molecular weight excluding hydrogens is 206 g/mol. The summed E-state index contributed by atoms with van der Waals surface area (Å²) in [5, 5.41) is 8.28. The molecule has 1 rings (SSSR count). The van der Waals surface area contributed by atoms with Crippen molar-refractivity contribution in [3.8, 4) is 0 Å². The maximum Gasteiger partial charge on any atom is 0.267 e. The number of carbonyl (C=O) groups is 1. The SMILES string of the molecule is CC(C)(C)c1ncc(/C=C/C(=O)NO)cn1. The van der Waals surface area contributed by atoms with Gasteiger partial charge in [-0.05, 0) is 6.08 Å². The second-order valence-corrected chi connectivity index (χ2v) is 4.40. The van der Waals surface area contributed by atoms with Crippen molar-refractivity contribution in [3.63, 3.8) is 0 Å². The lowest BCUT2D eigenvalue weighted by Gasteiger charge is -2.15. The fourth-order valence-corrected chi connectivity index (χ4v) is 1.02. The minimum Gasteiger partial charge on any atom is -0.288 e. The first-order valence-electron chi connectivity index (χ1n) is 4.88. The summed E-state index contributed by atoms with van der Waals surface area (Å²) in [4.78, 5) is 19.1. The van der Waals surface area contributed by atoms with Gasteiger partial charge in [0.15, 0.2) is 0 Å². The van der Waals surface area contributed by atoms with Gasteiger partial charge in [0.1, 0.15) is 5.82 Å². The van der Waals surface area contributed by atoms with Gasteiger partial charge in [-0.1, -0.05) is 20.8 Å². The van der Waals surface area contributed by atoms with E-state index in [4.69, 9.17) is 5.21 Å². The van der Waals surface area contributed by atoms with Gasteiger partial charge in [0.05, 0.1) is 0 Å². The number of nitrogens with one attached hydrogen (secondary N) is 1. The van der Waals surface area contributed by atoms with Crippen molar-refractivity contribution in [1.29, 1.82) is 0 Å². The summed E-state index contributed by atoms with van der Waals surface area (Å²) in [6, 6.07) is 0. The van der Waals surface area contributed by atoms with E-state index in [-0.39, 0.29) is 5.41 Å². The number of nitrogens with zero attached hydrogens (tertiary/aromatic N) is 2. The Morgan fingerprint density at radius 1 is 1.38 bits per heavy atom. The second-order valence-electron chi connectivity index (χ2n) is 4.40. The normalized spacial score (nSPS) is 11.8. The summed E-state index contributed by atoms with van der Waals surface area (Å²) in [6.07, 6.45) is 6.00. The van der Waals surface area contributed by atoms with Gasteiger partial charge in [-0.25, -0.2) is 15.4 Å². The smallest absolute Gasteiger partial charge is 0.267 e. The fraction of sp³-hybridized carbons (Fsp3) is 0.364. The first kappa shape index (κ1) is 12.3. The lowest BCUT2D eigenvalue weighted by Crippen LogP contribution is -2.16. The largest absolute Gasteiger partial charge is 0.288 e. The molecule has 1 heterocycles. The minimum absolute atomic E-state index is 0.0925. The topological polar surface area (TPSA) is 75.1 Å². The van der Waals surface area contributed by atoms with E-state index in [0.717, 1.165) is 5.82 Å². The van der Waals surface area contributed by atoms with Crippen LogP contribution in [-0.4, -0.2) is 21.1 Å². The van der Waals surface area contributed by atoms with Crippen molar-refractivity contribution in [3.05, 3.63) is 29.9 Å². The van der Waals surface area contributed by atoms with E-state index in [9.17, 15) is 4.79 Å². The molecule has 0 saturated carbocycles. The maximum atomic E-state index is 10.7. The summed E-state index contributed by atoms with van der Waals surface area (Å²) in [5.74, 6) is 0.163. The molecule has 1 amide bonds. The van der Waals surface area contributed by atoms with E-state index >= 15 is 0 Å². The Bertz CT molecular complexity index is 391. The highest BCUT2D eigenvalue weighted by molar-refractivity contribution is 5.90. The summed E-state index contributed by atoms with van der Waals surface area (Å²) in [5.41, 5.74) is 2.12. The van der Waals surface area contributed by atoms with Gasteiger partial charge < -0.3 is 0 Å². The van der Waals surface area contributed by atoms with Crippen LogP contribution in [0.5, 0.6) is 0 Å². The number of carbonyl (C=O) groups excluding carboxylic acids is 1. The molecule has 0 aromatic carbocycles. The molecule has 0 spiro atoms. The Kier molecular flexibility index (Phi) is 3.73. The van der Waals surface area contributed by atoms with Crippen molar-refractivity contribution in [2.45, 2.75) is 26.2 Å². The molecule has 0 atom stereocenters. The van der Waals surface area contributed by atoms with Gasteiger partial charge in [-0.15, -0.1) is 0 Å². The number of hydrogen-bond acceptors (Lipinski definition) is 4. The molecule has 0 bridgehead atoms. The summed E-state index contributed by atoms with van der Waals surface area (Å²) >= 11 is 0. The van der Waals surface area contributed by atoms with Crippen molar-refractivity contribution in [2.24, 2.45) is 0 Å². The Labute approximate surface area is 94.2 Å². The van der Waals surface area contributed by atoms with Crippen molar-refractivity contribution >= 4 is 12.0 Å². The predicted molar refractivity (Wildman–Crippen MR) is 59.7 cm³/mol. The zero-order chi connectivity index (χ0) is 12.2. The molecule has 1 aromatic heterocycles. The number of hydrogen-bond donors (Lipinski definition) is 2. The zero-order valence-corrected chi connectivity index (χ0v) is 9.56. The van der Waals surface area contributed by atoms with Crippen LogP contribution >= 0.6 is 0 Å². The second kappa shape index (κ2) is 4.85. The fourth-order valence-electron chi connectivity index (χ4n) is 1.02. The van der Waals surface area contributed by atoms with E-state index in [1.54, 1.807) is 12.4 Å². The molecule has 86 valence electrons. The molecule has 0 unspecified atom stereocenters. The molecule has 0 aliphatic rings. The Balaban J connectivity index is 2.80. The highest BCUT2D eigenvalue weighted by atomic mass is 16.5. The van der Waals surface area contributed by atoms with E-state index in [0.29, 0.717) is 5.56 Å². The van der Waals surface area contributed by atoms with Gasteiger partial charge in [-0.3, -0.25) is 10.0 Å². The molecule has 5 heteroatoms. The van der Waals surface area contributed by atoms with Crippen LogP contribution in [0.25, 0.3) is 6.08 Å². The van der Waals surface area contributed by atoms with Crippen LogP contribution in [0.1, 0.15) is 32.2 Å². The standard InChI is InChI=1S/C11H15N3O2/c1-11(2,3)10-12-6-8(7-13-10)4-5-9(15)14-16/h4-7,16H,1-3H3,(H,14,15)/b5-4+. The van der Waals surface area contributed by atoms with E-state index in [2.05, 4.69) is 9.97 Å². The quantitative estimate of drug-likeness (QED) is 0.448. The van der Waals surface area contributed by atoms with Crippen LogP contribution in [0.4, 0.5) is 0 Å². The number of rotatable bonds is 2. The summed E-state index contributed by atoms with van der Waals surface area (Å²) < 4.78 is 0. The highest BCUT2D eigenvalue weighted by Crippen LogP contribution is 2.17. The van der Waals surface area contributed by atoms with E-state index < -0.39 is 5.91 Å². The molecule has 0 fully saturated rings. The maximum absolute atomic E-state index is 10.7. The number of amides is 1. The molecule has 0 saturated heterocycles. The van der Waals surface area contributed by atoms with E-state index in [1.807, 2.05) is 20.8 Å². The summed E-state index contributed by atoms with van der Waals surface area (Å²) in [7, 11) is 0. The average molecular weight is 221 g/mol. The van der Waals surface area contributed by atoms with Gasteiger partial charge in [0.25, 0.3) is 5.91 Å². The van der Waals surface area contributed by atoms with Crippen LogP contribution in [0, 0.1) is 0 Å². The Morgan fingerprint density at radius 3 is 2.38 bits per heavy atom. The zero-order valence-electron chi connectivity index (χ0n) is 9.56. The van der Waals surface area contributed by atoms with E-state index in [1.165, 1.54) is 17.6 Å². The number of aromatic nitrogens is 2. The van der Waals surface area contributed by atoms with Crippen molar-refractivity contribution in [2.75, 3.05) is 0 Å². The third-order valence-corrected chi connectivity index (χ3v) is 1.88. The minimum atomic E-state index is -0.583. The van der Waals surface area contributed by atoms with Gasteiger partial charge in [-0.2, -0.15) is 0 Å². The predicted octanol–water partition coefficient (Wildman–Crippen LogP) is 1.29. The van der Waals surface area contributed by atoms with Crippen LogP contribution < -0.4 is 5.48 Å². The van der Waals surface area contributed by atoms with Crippen LogP contribution in [0.15, 0.2) is 18.5 Å². The average Bonchev–Trinajstić information content (AvgIpc) is 2.25. The molecule has 5 nitrogen and oxygen atoms in total. The molecule has 0 radical (unpaired) electrons. The third-order valence-electron chi connectivity index (χ3n) is 1.88. The van der Waals surface area contributed by atoms with Gasteiger partial charge in [0.2, 0.25) is 0 Å². The Morgan fingerprint density at radius 2 is 1.94 bits per heavy atom. The first-order chi connectivity index (χ1) is 7.43. The van der Waals surface area contributed by atoms with Gasteiger partial charge in [0, 0.05) is 29.4 Å². The molecule has 1 aromatic rings. The molecule has 2 N–H and O–H groups in total. The highest BCUT2D eigenvalue weighted by Gasteiger charge is 2.16. The molecule has 0 aliphatic heterocycles. The van der Waals surface area contributed by atoms with Crippen molar-refractivity contribution < 1.29 is 10.0 Å². The Hall–Kier alpha value is -1.75. The van der Waals surface area contributed by atoms with Crippen LogP contribution in [0.3, 0.4) is 0 Å². The third kappa shape index (κ3) is 3.43. The monoisotopic (exact) mass is 221 g/mol. The molecule has 0 aliphatic carbocycles. The lowest BCUT2D eigenvalue weighted by molar-refractivity contribution is -0.124. The molecule has 16 heavy (non-hydrogen) atoms. The molecular formula is C11H15N3O2. The first-order valence-corrected chi connectivity index (χ1v) is 4.88. The summed E-state index contributed by atoms with van der Waals surface area (Å²) in [6.45, 7) is 6.07. The number of hydroxylamine groups is 1. The van der Waals surface area contributed by atoms with Crippen LogP contribution in [-0.2, 0) is 10.2 Å². The lowest BCUT2D eigenvalue weighted by atomic mass is 9.96. The van der Waals surface area contributed by atoms with Gasteiger partial charge >= 0.3 is 0 Å². The van der Waals surface area contributed by atoms with Crippen molar-refractivity contribution in [1.82, 2.24) is 15.4 Å².